The summed E-state index contributed by atoms with van der Waals surface area (Å²) in [7, 11) is 1.91. The standard InChI is InChI=1S/C26H26N6O/c1-5-7-14-31-24-23(29-26(31)30(4)16-18(3)27)15-28-32(25(24)33)17-20-13-12-19(6-2)21-10-8-9-11-22(20)21/h2,8-13,15,18H,14,16-17,27H2,1,3-4H3. The second kappa shape index (κ2) is 9.20. The Kier molecular flexibility index (Phi) is 6.17. The van der Waals surface area contributed by atoms with Gasteiger partial charge in [0.2, 0.25) is 5.95 Å². The molecule has 2 N–H and O–H groups in total. The fourth-order valence-electron chi connectivity index (χ4n) is 4.09. The summed E-state index contributed by atoms with van der Waals surface area (Å²) in [4.78, 5) is 20.2. The van der Waals surface area contributed by atoms with E-state index < -0.39 is 0 Å². The van der Waals surface area contributed by atoms with Crippen molar-refractivity contribution in [1.82, 2.24) is 19.3 Å². The lowest BCUT2D eigenvalue weighted by atomic mass is 10.00. The van der Waals surface area contributed by atoms with E-state index in [2.05, 4.69) is 27.8 Å². The first-order chi connectivity index (χ1) is 15.9. The smallest absolute Gasteiger partial charge is 0.293 e. The van der Waals surface area contributed by atoms with Crippen LogP contribution in [0.15, 0.2) is 47.4 Å². The highest BCUT2D eigenvalue weighted by molar-refractivity contribution is 5.90. The number of nitrogens with two attached hydrogens (primary N) is 1. The third-order valence-corrected chi connectivity index (χ3v) is 5.54. The maximum Gasteiger partial charge on any atom is 0.293 e. The van der Waals surface area contributed by atoms with Gasteiger partial charge in [-0.25, -0.2) is 9.67 Å². The predicted molar refractivity (Wildman–Crippen MR) is 133 cm³/mol. The van der Waals surface area contributed by atoms with Gasteiger partial charge in [-0.1, -0.05) is 42.2 Å². The van der Waals surface area contributed by atoms with Crippen LogP contribution in [0.5, 0.6) is 0 Å². The SMILES string of the molecule is C#Cc1ccc(Cn2ncc3nc(N(C)CC(C)N)n(CC#CC)c3c2=O)c2ccccc12. The molecule has 0 aliphatic heterocycles. The lowest BCUT2D eigenvalue weighted by molar-refractivity contribution is 0.644. The van der Waals surface area contributed by atoms with Crippen molar-refractivity contribution in [3.05, 3.63) is 64.1 Å². The monoisotopic (exact) mass is 438 g/mol. The van der Waals surface area contributed by atoms with Gasteiger partial charge in [0.1, 0.15) is 11.0 Å². The molecule has 0 radical (unpaired) electrons. The van der Waals surface area contributed by atoms with Crippen molar-refractivity contribution in [2.24, 2.45) is 5.73 Å². The van der Waals surface area contributed by atoms with E-state index in [1.807, 2.05) is 59.8 Å². The maximum atomic E-state index is 13.6. The Morgan fingerprint density at radius 3 is 2.67 bits per heavy atom. The van der Waals surface area contributed by atoms with Crippen molar-refractivity contribution in [3.63, 3.8) is 0 Å². The molecular weight excluding hydrogens is 412 g/mol. The van der Waals surface area contributed by atoms with E-state index in [1.165, 1.54) is 4.68 Å². The maximum absolute atomic E-state index is 13.6. The van der Waals surface area contributed by atoms with E-state index in [9.17, 15) is 4.79 Å². The van der Waals surface area contributed by atoms with Gasteiger partial charge in [0.05, 0.1) is 19.3 Å². The summed E-state index contributed by atoms with van der Waals surface area (Å²) in [6, 6.07) is 11.7. The van der Waals surface area contributed by atoms with E-state index in [0.29, 0.717) is 36.6 Å². The molecule has 4 aromatic rings. The molecule has 0 amide bonds. The number of hydrogen-bond acceptors (Lipinski definition) is 5. The molecule has 2 aromatic carbocycles. The first-order valence-electron chi connectivity index (χ1n) is 10.7. The minimum Gasteiger partial charge on any atom is -0.344 e. The summed E-state index contributed by atoms with van der Waals surface area (Å²) < 4.78 is 3.31. The van der Waals surface area contributed by atoms with Crippen LogP contribution >= 0.6 is 0 Å². The van der Waals surface area contributed by atoms with Gasteiger partial charge in [-0.2, -0.15) is 5.10 Å². The number of hydrogen-bond donors (Lipinski definition) is 1. The molecule has 0 saturated heterocycles. The molecule has 166 valence electrons. The summed E-state index contributed by atoms with van der Waals surface area (Å²) in [6.07, 6.45) is 7.30. The number of aromatic nitrogens is 4. The topological polar surface area (TPSA) is 82.0 Å². The fraction of sp³-hybridized carbons (Fsp3) is 0.269. The number of nitrogens with zero attached hydrogens (tertiary/aromatic N) is 5. The number of likely N-dealkylation sites (N-methyl/N-ethyl adjacent to an activating group) is 1. The number of benzene rings is 2. The number of terminal acetylenes is 1. The molecule has 0 fully saturated rings. The fourth-order valence-corrected chi connectivity index (χ4v) is 4.09. The number of anilines is 1. The molecule has 2 heterocycles. The average molecular weight is 439 g/mol. The van der Waals surface area contributed by atoms with Crippen molar-refractivity contribution in [3.8, 4) is 24.2 Å². The minimum atomic E-state index is -0.219. The Labute approximate surface area is 192 Å². The van der Waals surface area contributed by atoms with Crippen molar-refractivity contribution < 1.29 is 0 Å². The lowest BCUT2D eigenvalue weighted by Crippen LogP contribution is -2.34. The van der Waals surface area contributed by atoms with E-state index in [4.69, 9.17) is 12.2 Å². The highest BCUT2D eigenvalue weighted by Gasteiger charge is 2.19. The Hall–Kier alpha value is -4.07. The highest BCUT2D eigenvalue weighted by Crippen LogP contribution is 2.23. The Bertz CT molecular complexity index is 1490. The van der Waals surface area contributed by atoms with Crippen molar-refractivity contribution in [2.75, 3.05) is 18.5 Å². The third-order valence-electron chi connectivity index (χ3n) is 5.54. The van der Waals surface area contributed by atoms with Crippen LogP contribution in [-0.4, -0.2) is 39.0 Å². The molecule has 2 aromatic heterocycles. The molecule has 7 heteroatoms. The number of fused-ring (bicyclic) bond motifs is 2. The summed E-state index contributed by atoms with van der Waals surface area (Å²) in [5.41, 5.74) is 8.56. The molecule has 7 nitrogen and oxygen atoms in total. The zero-order valence-corrected chi connectivity index (χ0v) is 19.0. The normalized spacial score (nSPS) is 11.7. The van der Waals surface area contributed by atoms with Gasteiger partial charge in [-0.3, -0.25) is 9.36 Å². The summed E-state index contributed by atoms with van der Waals surface area (Å²) in [5.74, 6) is 9.32. The molecule has 33 heavy (non-hydrogen) atoms. The highest BCUT2D eigenvalue weighted by atomic mass is 16.1. The van der Waals surface area contributed by atoms with Crippen molar-refractivity contribution in [1.29, 1.82) is 0 Å². The van der Waals surface area contributed by atoms with Crippen LogP contribution < -0.4 is 16.2 Å². The van der Waals surface area contributed by atoms with Crippen LogP contribution in [0.1, 0.15) is 25.0 Å². The van der Waals surface area contributed by atoms with Crippen LogP contribution in [0.4, 0.5) is 5.95 Å². The number of imidazole rings is 1. The van der Waals surface area contributed by atoms with Crippen LogP contribution in [0.2, 0.25) is 0 Å². The Morgan fingerprint density at radius 2 is 1.97 bits per heavy atom. The predicted octanol–water partition coefficient (Wildman–Crippen LogP) is 2.58. The van der Waals surface area contributed by atoms with Gasteiger partial charge in [0, 0.05) is 25.2 Å². The van der Waals surface area contributed by atoms with E-state index in [0.717, 1.165) is 21.9 Å². The summed E-state index contributed by atoms with van der Waals surface area (Å²) in [6.45, 7) is 4.97. The van der Waals surface area contributed by atoms with Crippen LogP contribution in [0.25, 0.3) is 21.8 Å². The van der Waals surface area contributed by atoms with Crippen LogP contribution in [0.3, 0.4) is 0 Å². The van der Waals surface area contributed by atoms with Gasteiger partial charge < -0.3 is 10.6 Å². The van der Waals surface area contributed by atoms with Crippen LogP contribution in [0, 0.1) is 24.2 Å². The average Bonchev–Trinajstić information content (AvgIpc) is 3.18. The molecule has 1 atom stereocenters. The third kappa shape index (κ3) is 4.19. The van der Waals surface area contributed by atoms with Crippen LogP contribution in [-0.2, 0) is 13.1 Å². The second-order valence-electron chi connectivity index (χ2n) is 8.09. The van der Waals surface area contributed by atoms with Gasteiger partial charge in [0.25, 0.3) is 5.56 Å². The summed E-state index contributed by atoms with van der Waals surface area (Å²) in [5, 5.41) is 6.40. The molecule has 0 spiro atoms. The first kappa shape index (κ1) is 22.1. The lowest BCUT2D eigenvalue weighted by Gasteiger charge is -2.20. The van der Waals surface area contributed by atoms with E-state index in [-0.39, 0.29) is 11.6 Å². The molecule has 0 saturated carbocycles. The second-order valence-corrected chi connectivity index (χ2v) is 8.09. The molecule has 1 unspecified atom stereocenters. The zero-order valence-electron chi connectivity index (χ0n) is 19.0. The van der Waals surface area contributed by atoms with E-state index >= 15 is 0 Å². The van der Waals surface area contributed by atoms with Gasteiger partial charge >= 0.3 is 0 Å². The molecule has 0 aliphatic carbocycles. The molecule has 0 aliphatic rings. The van der Waals surface area contributed by atoms with Gasteiger partial charge in [-0.05, 0) is 36.2 Å². The number of rotatable bonds is 6. The van der Waals surface area contributed by atoms with Gasteiger partial charge in [-0.15, -0.1) is 12.3 Å². The minimum absolute atomic E-state index is 0.0467. The molecule has 0 bridgehead atoms. The first-order valence-corrected chi connectivity index (χ1v) is 10.7. The molecule has 4 rings (SSSR count). The van der Waals surface area contributed by atoms with E-state index in [1.54, 1.807) is 13.1 Å². The van der Waals surface area contributed by atoms with Gasteiger partial charge in [0.15, 0.2) is 0 Å². The summed E-state index contributed by atoms with van der Waals surface area (Å²) >= 11 is 0. The Morgan fingerprint density at radius 1 is 1.21 bits per heavy atom. The Balaban J connectivity index is 1.85. The molecular formula is C26H26N6O. The largest absolute Gasteiger partial charge is 0.344 e. The quantitative estimate of drug-likeness (QED) is 0.468. The zero-order chi connectivity index (χ0) is 23.5. The van der Waals surface area contributed by atoms with Crippen molar-refractivity contribution in [2.45, 2.75) is 33.0 Å². The van der Waals surface area contributed by atoms with Crippen molar-refractivity contribution >= 4 is 27.8 Å².